The quantitative estimate of drug-likeness (QED) is 0.433. The van der Waals surface area contributed by atoms with Crippen molar-refractivity contribution in [1.82, 2.24) is 0 Å². The molecule has 1 aliphatic rings. The number of carbonyl (C=O) groups excluding carboxylic acids is 2. The summed E-state index contributed by atoms with van der Waals surface area (Å²) < 4.78 is 16.3. The Bertz CT molecular complexity index is 1220. The van der Waals surface area contributed by atoms with E-state index in [1.807, 2.05) is 31.2 Å². The zero-order valence-electron chi connectivity index (χ0n) is 18.3. The molecular formula is C26H23NO5. The molecule has 2 amide bonds. The molecular weight excluding hydrogens is 406 g/mol. The molecule has 4 rings (SSSR count). The number of nitrogens with zero attached hydrogens (tertiary/aromatic N) is 1. The van der Waals surface area contributed by atoms with Gasteiger partial charge in [0, 0.05) is 11.1 Å². The number of aryl methyl sites for hydroxylation is 1. The first-order valence-corrected chi connectivity index (χ1v) is 10.0. The predicted molar refractivity (Wildman–Crippen MR) is 123 cm³/mol. The van der Waals surface area contributed by atoms with Gasteiger partial charge in [-0.3, -0.25) is 9.59 Å². The largest absolute Gasteiger partial charge is 0.493 e. The van der Waals surface area contributed by atoms with E-state index in [2.05, 4.69) is 0 Å². The molecule has 0 atom stereocenters. The van der Waals surface area contributed by atoms with Crippen molar-refractivity contribution in [2.24, 2.45) is 0 Å². The van der Waals surface area contributed by atoms with Crippen molar-refractivity contribution in [2.75, 3.05) is 26.2 Å². The SMILES string of the molecule is COc1cc(C=C2C(=O)N(c3cccc(C)c3)C(=O)c3ccccc32)cc(OC)c1OC. The molecule has 162 valence electrons. The van der Waals surface area contributed by atoms with Gasteiger partial charge in [0.1, 0.15) is 0 Å². The highest BCUT2D eigenvalue weighted by molar-refractivity contribution is 6.43. The molecule has 6 nitrogen and oxygen atoms in total. The third-order valence-corrected chi connectivity index (χ3v) is 5.34. The molecule has 1 aliphatic heterocycles. The Morgan fingerprint density at radius 3 is 2.00 bits per heavy atom. The summed E-state index contributed by atoms with van der Waals surface area (Å²) in [4.78, 5) is 28.1. The van der Waals surface area contributed by atoms with Crippen molar-refractivity contribution in [3.05, 3.63) is 82.9 Å². The average molecular weight is 429 g/mol. The highest BCUT2D eigenvalue weighted by Crippen LogP contribution is 2.40. The van der Waals surface area contributed by atoms with Gasteiger partial charge in [0.2, 0.25) is 5.75 Å². The molecule has 0 aromatic heterocycles. The van der Waals surface area contributed by atoms with Crippen LogP contribution in [-0.4, -0.2) is 33.1 Å². The Morgan fingerprint density at radius 2 is 1.41 bits per heavy atom. The van der Waals surface area contributed by atoms with E-state index < -0.39 is 5.91 Å². The Balaban J connectivity index is 1.91. The molecule has 0 radical (unpaired) electrons. The maximum atomic E-state index is 13.6. The zero-order chi connectivity index (χ0) is 22.8. The number of imide groups is 1. The summed E-state index contributed by atoms with van der Waals surface area (Å²) in [6.45, 7) is 1.92. The van der Waals surface area contributed by atoms with E-state index in [0.717, 1.165) is 5.56 Å². The second kappa shape index (κ2) is 8.59. The van der Waals surface area contributed by atoms with Crippen molar-refractivity contribution in [1.29, 1.82) is 0 Å². The second-order valence-electron chi connectivity index (χ2n) is 7.35. The minimum Gasteiger partial charge on any atom is -0.493 e. The van der Waals surface area contributed by atoms with E-state index in [1.165, 1.54) is 26.2 Å². The van der Waals surface area contributed by atoms with Crippen LogP contribution in [0.1, 0.15) is 27.0 Å². The van der Waals surface area contributed by atoms with E-state index in [-0.39, 0.29) is 5.91 Å². The third-order valence-electron chi connectivity index (χ3n) is 5.34. The number of anilines is 1. The lowest BCUT2D eigenvalue weighted by Gasteiger charge is -2.29. The molecule has 0 fully saturated rings. The van der Waals surface area contributed by atoms with Crippen LogP contribution in [0.15, 0.2) is 60.7 Å². The monoisotopic (exact) mass is 429 g/mol. The van der Waals surface area contributed by atoms with Gasteiger partial charge in [-0.25, -0.2) is 4.90 Å². The summed E-state index contributed by atoms with van der Waals surface area (Å²) in [6, 6.07) is 18.0. The lowest BCUT2D eigenvalue weighted by atomic mass is 9.91. The number of fused-ring (bicyclic) bond motifs is 1. The summed E-state index contributed by atoms with van der Waals surface area (Å²) in [5, 5.41) is 0. The fraction of sp³-hybridized carbons (Fsp3) is 0.154. The third kappa shape index (κ3) is 3.60. The number of carbonyl (C=O) groups is 2. The second-order valence-corrected chi connectivity index (χ2v) is 7.35. The first-order valence-electron chi connectivity index (χ1n) is 10.0. The number of rotatable bonds is 5. The van der Waals surface area contributed by atoms with Crippen LogP contribution in [0.4, 0.5) is 5.69 Å². The lowest BCUT2D eigenvalue weighted by Crippen LogP contribution is -2.41. The number of amides is 2. The molecule has 32 heavy (non-hydrogen) atoms. The number of hydrogen-bond donors (Lipinski definition) is 0. The smallest absolute Gasteiger partial charge is 0.265 e. The van der Waals surface area contributed by atoms with Crippen molar-refractivity contribution in [3.8, 4) is 17.2 Å². The molecule has 0 saturated carbocycles. The molecule has 0 bridgehead atoms. The Hall–Kier alpha value is -4.06. The molecule has 3 aromatic carbocycles. The van der Waals surface area contributed by atoms with Gasteiger partial charge in [-0.15, -0.1) is 0 Å². The van der Waals surface area contributed by atoms with Crippen LogP contribution in [0.3, 0.4) is 0 Å². The van der Waals surface area contributed by atoms with Gasteiger partial charge in [-0.1, -0.05) is 30.3 Å². The summed E-state index contributed by atoms with van der Waals surface area (Å²) in [7, 11) is 4.60. The van der Waals surface area contributed by atoms with Crippen LogP contribution in [-0.2, 0) is 4.79 Å². The summed E-state index contributed by atoms with van der Waals surface area (Å²) in [5.41, 5.74) is 3.61. The molecule has 0 aliphatic carbocycles. The van der Waals surface area contributed by atoms with Crippen molar-refractivity contribution in [2.45, 2.75) is 6.92 Å². The van der Waals surface area contributed by atoms with Crippen LogP contribution in [0, 0.1) is 6.92 Å². The van der Waals surface area contributed by atoms with E-state index in [0.29, 0.717) is 45.2 Å². The average Bonchev–Trinajstić information content (AvgIpc) is 2.81. The van der Waals surface area contributed by atoms with Gasteiger partial charge in [0.05, 0.1) is 27.0 Å². The van der Waals surface area contributed by atoms with Gasteiger partial charge >= 0.3 is 0 Å². The van der Waals surface area contributed by atoms with E-state index in [4.69, 9.17) is 14.2 Å². The molecule has 0 spiro atoms. The van der Waals surface area contributed by atoms with Gasteiger partial charge in [0.25, 0.3) is 11.8 Å². The molecule has 6 heteroatoms. The topological polar surface area (TPSA) is 65.1 Å². The van der Waals surface area contributed by atoms with Gasteiger partial charge in [0.15, 0.2) is 11.5 Å². The summed E-state index contributed by atoms with van der Waals surface area (Å²) in [5.74, 6) is 0.666. The van der Waals surface area contributed by atoms with Crippen LogP contribution in [0.5, 0.6) is 17.2 Å². The lowest BCUT2D eigenvalue weighted by molar-refractivity contribution is -0.112. The molecule has 3 aromatic rings. The molecule has 1 heterocycles. The molecule has 0 unspecified atom stereocenters. The number of benzene rings is 3. The molecule has 0 N–H and O–H groups in total. The fourth-order valence-electron chi connectivity index (χ4n) is 3.85. The number of ether oxygens (including phenoxy) is 3. The Labute approximate surface area is 186 Å². The van der Waals surface area contributed by atoms with E-state index >= 15 is 0 Å². The summed E-state index contributed by atoms with van der Waals surface area (Å²) >= 11 is 0. The zero-order valence-corrected chi connectivity index (χ0v) is 18.3. The van der Waals surface area contributed by atoms with E-state index in [1.54, 1.807) is 42.5 Å². The van der Waals surface area contributed by atoms with Crippen LogP contribution in [0.2, 0.25) is 0 Å². The van der Waals surface area contributed by atoms with Gasteiger partial charge in [-0.2, -0.15) is 0 Å². The van der Waals surface area contributed by atoms with Crippen molar-refractivity contribution in [3.63, 3.8) is 0 Å². The predicted octanol–water partition coefficient (Wildman–Crippen LogP) is 4.75. The highest BCUT2D eigenvalue weighted by atomic mass is 16.5. The standard InChI is InChI=1S/C26H23NO5/c1-16-8-7-9-18(12-16)27-25(28)20-11-6-5-10-19(20)21(26(27)29)13-17-14-22(30-2)24(32-4)23(15-17)31-3/h5-15H,1-4H3. The molecule has 0 saturated heterocycles. The van der Waals surface area contributed by atoms with Crippen LogP contribution < -0.4 is 19.1 Å². The Kier molecular flexibility index (Phi) is 5.69. The van der Waals surface area contributed by atoms with E-state index in [9.17, 15) is 9.59 Å². The normalized spacial score (nSPS) is 14.4. The van der Waals surface area contributed by atoms with Crippen molar-refractivity contribution < 1.29 is 23.8 Å². The van der Waals surface area contributed by atoms with Gasteiger partial charge < -0.3 is 14.2 Å². The van der Waals surface area contributed by atoms with Gasteiger partial charge in [-0.05, 0) is 60.0 Å². The van der Waals surface area contributed by atoms with Crippen molar-refractivity contribution >= 4 is 29.2 Å². The summed E-state index contributed by atoms with van der Waals surface area (Å²) in [6.07, 6.45) is 1.74. The van der Waals surface area contributed by atoms with Crippen LogP contribution >= 0.6 is 0 Å². The number of hydrogen-bond acceptors (Lipinski definition) is 5. The Morgan fingerprint density at radius 1 is 0.750 bits per heavy atom. The van der Waals surface area contributed by atoms with Crippen LogP contribution in [0.25, 0.3) is 11.6 Å². The first-order chi connectivity index (χ1) is 15.5. The fourth-order valence-corrected chi connectivity index (χ4v) is 3.85. The first kappa shape index (κ1) is 21.2. The minimum atomic E-state index is -0.395. The maximum Gasteiger partial charge on any atom is 0.265 e. The minimum absolute atomic E-state index is 0.349. The maximum absolute atomic E-state index is 13.6. The highest BCUT2D eigenvalue weighted by Gasteiger charge is 2.35. The number of methoxy groups -OCH3 is 3.